The largest absolute Gasteiger partial charge is 0.382 e. The first-order valence-electron chi connectivity index (χ1n) is 8.84. The molecule has 3 nitrogen and oxygen atoms in total. The molecule has 1 aromatic rings. The van der Waals surface area contributed by atoms with Crippen LogP contribution in [-0.4, -0.2) is 30.9 Å². The summed E-state index contributed by atoms with van der Waals surface area (Å²) in [4.78, 5) is 0. The number of aliphatic hydroxyl groups is 1. The van der Waals surface area contributed by atoms with Gasteiger partial charge in [-0.3, -0.25) is 0 Å². The first-order valence-corrected chi connectivity index (χ1v) is 8.84. The minimum absolute atomic E-state index is 0.274. The second kappa shape index (κ2) is 7.12. The van der Waals surface area contributed by atoms with Gasteiger partial charge >= 0.3 is 0 Å². The first kappa shape index (κ1) is 16.0. The summed E-state index contributed by atoms with van der Waals surface area (Å²) >= 11 is 0. The van der Waals surface area contributed by atoms with Crippen LogP contribution in [0, 0.1) is 11.8 Å². The monoisotopic (exact) mass is 303 g/mol. The predicted molar refractivity (Wildman–Crippen MR) is 88.7 cm³/mol. The van der Waals surface area contributed by atoms with Crippen LogP contribution in [0.1, 0.15) is 44.6 Å². The molecule has 0 amide bonds. The summed E-state index contributed by atoms with van der Waals surface area (Å²) < 4.78 is 6.27. The van der Waals surface area contributed by atoms with Gasteiger partial charge in [-0.2, -0.15) is 0 Å². The lowest BCUT2D eigenvalue weighted by atomic mass is 9.88. The number of rotatable bonds is 7. The van der Waals surface area contributed by atoms with E-state index >= 15 is 0 Å². The summed E-state index contributed by atoms with van der Waals surface area (Å²) in [6.07, 6.45) is 5.89. The molecule has 0 radical (unpaired) electrons. The smallest absolute Gasteiger partial charge is 0.116 e. The molecule has 1 saturated heterocycles. The summed E-state index contributed by atoms with van der Waals surface area (Å²) in [6.45, 7) is 4.82. The van der Waals surface area contributed by atoms with E-state index in [-0.39, 0.29) is 6.10 Å². The Bertz CT molecular complexity index is 454. The number of benzene rings is 1. The molecule has 1 unspecified atom stereocenters. The van der Waals surface area contributed by atoms with Crippen molar-refractivity contribution in [2.45, 2.75) is 50.7 Å². The van der Waals surface area contributed by atoms with Crippen LogP contribution in [0.3, 0.4) is 0 Å². The highest BCUT2D eigenvalue weighted by molar-refractivity contribution is 5.25. The summed E-state index contributed by atoms with van der Waals surface area (Å²) in [5.74, 6) is 0.992. The maximum Gasteiger partial charge on any atom is 0.116 e. The fourth-order valence-electron chi connectivity index (χ4n) is 3.76. The zero-order valence-corrected chi connectivity index (χ0v) is 13.6. The highest BCUT2D eigenvalue weighted by atomic mass is 16.5. The van der Waals surface area contributed by atoms with Crippen molar-refractivity contribution in [3.8, 4) is 0 Å². The van der Waals surface area contributed by atoms with E-state index in [0.717, 1.165) is 37.9 Å². The van der Waals surface area contributed by atoms with Crippen LogP contribution in [0.2, 0.25) is 0 Å². The van der Waals surface area contributed by atoms with Crippen LogP contribution in [0.5, 0.6) is 0 Å². The highest BCUT2D eigenvalue weighted by Crippen LogP contribution is 2.46. The zero-order chi connectivity index (χ0) is 15.4. The van der Waals surface area contributed by atoms with Crippen molar-refractivity contribution < 1.29 is 9.84 Å². The molecule has 1 aromatic carbocycles. The van der Waals surface area contributed by atoms with Crippen molar-refractivity contribution >= 4 is 0 Å². The van der Waals surface area contributed by atoms with E-state index in [1.165, 1.54) is 12.8 Å². The lowest BCUT2D eigenvalue weighted by Crippen LogP contribution is -2.40. The van der Waals surface area contributed by atoms with Crippen molar-refractivity contribution in [3.63, 3.8) is 0 Å². The molecular formula is C19H29NO2. The Labute approximate surface area is 134 Å². The normalized spacial score (nSPS) is 23.9. The zero-order valence-electron chi connectivity index (χ0n) is 13.6. The topological polar surface area (TPSA) is 41.5 Å². The number of hydrogen-bond donors (Lipinski definition) is 2. The Balaban J connectivity index is 1.66. The highest BCUT2D eigenvalue weighted by Gasteiger charge is 2.45. The molecule has 22 heavy (non-hydrogen) atoms. The molecule has 2 N–H and O–H groups in total. The van der Waals surface area contributed by atoms with Crippen molar-refractivity contribution in [1.82, 2.24) is 5.32 Å². The second-order valence-corrected chi connectivity index (χ2v) is 6.91. The van der Waals surface area contributed by atoms with Gasteiger partial charge in [0, 0.05) is 0 Å². The minimum atomic E-state index is -0.804. The third-order valence-corrected chi connectivity index (χ3v) is 5.36. The van der Waals surface area contributed by atoms with Crippen LogP contribution in [-0.2, 0) is 10.3 Å². The molecule has 0 aromatic heterocycles. The van der Waals surface area contributed by atoms with Gasteiger partial charge in [0.2, 0.25) is 0 Å². The molecule has 2 fully saturated rings. The van der Waals surface area contributed by atoms with Crippen LogP contribution in [0.25, 0.3) is 0 Å². The molecule has 1 aliphatic heterocycles. The second-order valence-electron chi connectivity index (χ2n) is 6.91. The minimum Gasteiger partial charge on any atom is -0.382 e. The van der Waals surface area contributed by atoms with E-state index in [0.29, 0.717) is 18.4 Å². The van der Waals surface area contributed by atoms with Gasteiger partial charge in [0.05, 0.1) is 12.7 Å². The van der Waals surface area contributed by atoms with E-state index in [1.807, 2.05) is 30.3 Å². The van der Waals surface area contributed by atoms with E-state index in [9.17, 15) is 5.11 Å². The standard InChI is InChI=1S/C19H29NO2/c1-2-18(15-10-12-20-13-11-15)22-14-19(21,17-8-9-17)16-6-4-3-5-7-16/h3-7,15,17-18,20-21H,2,8-14H2,1H3/t18-,19?/m1/s1. The molecule has 3 rings (SSSR count). The fourth-order valence-corrected chi connectivity index (χ4v) is 3.76. The molecular weight excluding hydrogens is 274 g/mol. The van der Waals surface area contributed by atoms with Gasteiger partial charge in [0.15, 0.2) is 0 Å². The molecule has 2 atom stereocenters. The van der Waals surface area contributed by atoms with Crippen LogP contribution >= 0.6 is 0 Å². The molecule has 2 aliphatic rings. The Morgan fingerprint density at radius 2 is 1.86 bits per heavy atom. The Morgan fingerprint density at radius 1 is 1.18 bits per heavy atom. The van der Waals surface area contributed by atoms with E-state index in [4.69, 9.17) is 4.74 Å². The maximum absolute atomic E-state index is 11.2. The quantitative estimate of drug-likeness (QED) is 0.813. The Kier molecular flexibility index (Phi) is 5.17. The van der Waals surface area contributed by atoms with Crippen LogP contribution in [0.15, 0.2) is 30.3 Å². The predicted octanol–water partition coefficient (Wildman–Crippen LogP) is 3.08. The van der Waals surface area contributed by atoms with Crippen molar-refractivity contribution in [3.05, 3.63) is 35.9 Å². The summed E-state index contributed by atoms with van der Waals surface area (Å²) in [5, 5.41) is 14.6. The van der Waals surface area contributed by atoms with E-state index in [2.05, 4.69) is 12.2 Å². The van der Waals surface area contributed by atoms with Gasteiger partial charge in [-0.15, -0.1) is 0 Å². The molecule has 122 valence electrons. The van der Waals surface area contributed by atoms with Gasteiger partial charge in [0.25, 0.3) is 0 Å². The maximum atomic E-state index is 11.2. The van der Waals surface area contributed by atoms with E-state index < -0.39 is 5.60 Å². The number of ether oxygens (including phenoxy) is 1. The van der Waals surface area contributed by atoms with Gasteiger partial charge in [-0.05, 0) is 62.6 Å². The molecule has 1 heterocycles. The molecule has 0 bridgehead atoms. The van der Waals surface area contributed by atoms with Crippen molar-refractivity contribution in [2.75, 3.05) is 19.7 Å². The van der Waals surface area contributed by atoms with E-state index in [1.54, 1.807) is 0 Å². The Hall–Kier alpha value is -0.900. The molecule has 1 saturated carbocycles. The fraction of sp³-hybridized carbons (Fsp3) is 0.684. The molecule has 3 heteroatoms. The summed E-state index contributed by atoms with van der Waals surface area (Å²) in [5.41, 5.74) is 0.208. The van der Waals surface area contributed by atoms with Gasteiger partial charge in [-0.1, -0.05) is 37.3 Å². The average molecular weight is 303 g/mol. The van der Waals surface area contributed by atoms with Gasteiger partial charge in [0.1, 0.15) is 5.60 Å². The molecule has 1 aliphatic carbocycles. The number of hydrogen-bond acceptors (Lipinski definition) is 3. The van der Waals surface area contributed by atoms with Crippen LogP contribution in [0.4, 0.5) is 0 Å². The third-order valence-electron chi connectivity index (χ3n) is 5.36. The number of nitrogens with one attached hydrogen (secondary N) is 1. The Morgan fingerprint density at radius 3 is 2.45 bits per heavy atom. The third kappa shape index (κ3) is 3.53. The van der Waals surface area contributed by atoms with Crippen molar-refractivity contribution in [1.29, 1.82) is 0 Å². The first-order chi connectivity index (χ1) is 10.7. The number of piperidine rings is 1. The molecule has 0 spiro atoms. The lowest BCUT2D eigenvalue weighted by Gasteiger charge is -2.34. The average Bonchev–Trinajstić information content (AvgIpc) is 3.42. The van der Waals surface area contributed by atoms with Crippen LogP contribution < -0.4 is 5.32 Å². The summed E-state index contributed by atoms with van der Waals surface area (Å²) in [7, 11) is 0. The SMILES string of the molecule is CC[C@@H](OCC(O)(c1ccccc1)C1CC1)C1CCNCC1. The lowest BCUT2D eigenvalue weighted by molar-refractivity contribution is -0.106. The van der Waals surface area contributed by atoms with Crippen molar-refractivity contribution in [2.24, 2.45) is 11.8 Å². The van der Waals surface area contributed by atoms with Gasteiger partial charge in [-0.25, -0.2) is 0 Å². The summed E-state index contributed by atoms with van der Waals surface area (Å²) in [6, 6.07) is 10.1. The van der Waals surface area contributed by atoms with Gasteiger partial charge < -0.3 is 15.2 Å².